The summed E-state index contributed by atoms with van der Waals surface area (Å²) in [5, 5.41) is 2.86. The molecule has 1 aliphatic heterocycles. The highest BCUT2D eigenvalue weighted by Crippen LogP contribution is 2.31. The van der Waals surface area contributed by atoms with Crippen molar-refractivity contribution in [2.45, 2.75) is 12.2 Å². The smallest absolute Gasteiger partial charge is 0.379 e. The summed E-state index contributed by atoms with van der Waals surface area (Å²) in [7, 11) is 0. The minimum atomic E-state index is -4.38. The lowest BCUT2D eigenvalue weighted by molar-refractivity contribution is -0.137. The summed E-state index contributed by atoms with van der Waals surface area (Å²) >= 11 is 3.28. The first kappa shape index (κ1) is 20.8. The van der Waals surface area contributed by atoms with Gasteiger partial charge in [0.25, 0.3) is 5.91 Å². The normalized spacial score (nSPS) is 16.6. The van der Waals surface area contributed by atoms with Gasteiger partial charge in [0.2, 0.25) is 0 Å². The third-order valence-corrected chi connectivity index (χ3v) is 4.97. The second kappa shape index (κ2) is 9.02. The van der Waals surface area contributed by atoms with Crippen LogP contribution in [0.3, 0.4) is 0 Å². The summed E-state index contributed by atoms with van der Waals surface area (Å²) in [5.74, 6) is -0.293. The van der Waals surface area contributed by atoms with Crippen LogP contribution in [0.2, 0.25) is 0 Å². The average molecular weight is 458 g/mol. The Labute approximate surface area is 169 Å². The van der Waals surface area contributed by atoms with E-state index in [4.69, 9.17) is 4.74 Å². The van der Waals surface area contributed by atoms with Crippen molar-refractivity contribution in [3.05, 3.63) is 63.9 Å². The largest absolute Gasteiger partial charge is 0.416 e. The number of hydrogen-bond acceptors (Lipinski definition) is 4. The van der Waals surface area contributed by atoms with Gasteiger partial charge in [0, 0.05) is 36.5 Å². The van der Waals surface area contributed by atoms with Gasteiger partial charge in [0.05, 0.1) is 30.4 Å². The molecule has 0 aliphatic carbocycles. The molecule has 0 bridgehead atoms. The van der Waals surface area contributed by atoms with Crippen molar-refractivity contribution in [1.82, 2.24) is 15.2 Å². The molecule has 150 valence electrons. The molecule has 1 atom stereocenters. The first-order chi connectivity index (χ1) is 13.3. The second-order valence-corrected chi connectivity index (χ2v) is 7.30. The van der Waals surface area contributed by atoms with Crippen LogP contribution in [0.15, 0.2) is 47.2 Å². The van der Waals surface area contributed by atoms with Crippen LogP contribution >= 0.6 is 15.9 Å². The minimum Gasteiger partial charge on any atom is -0.379 e. The molecule has 1 aromatic heterocycles. The zero-order chi connectivity index (χ0) is 20.1. The molecule has 1 unspecified atom stereocenters. The molecule has 1 aromatic carbocycles. The highest BCUT2D eigenvalue weighted by Gasteiger charge is 2.31. The van der Waals surface area contributed by atoms with Gasteiger partial charge in [-0.15, -0.1) is 0 Å². The van der Waals surface area contributed by atoms with Gasteiger partial charge in [-0.1, -0.05) is 12.1 Å². The zero-order valence-corrected chi connectivity index (χ0v) is 16.5. The quantitative estimate of drug-likeness (QED) is 0.744. The Morgan fingerprint density at radius 1 is 1.21 bits per heavy atom. The van der Waals surface area contributed by atoms with E-state index < -0.39 is 11.7 Å². The van der Waals surface area contributed by atoms with Crippen LogP contribution in [0.25, 0.3) is 0 Å². The number of carbonyl (C=O) groups excluding carboxylic acids is 1. The first-order valence-corrected chi connectivity index (χ1v) is 9.51. The van der Waals surface area contributed by atoms with Gasteiger partial charge < -0.3 is 10.1 Å². The SMILES string of the molecule is O=C(NCC(c1ccc(C(F)(F)F)cc1)N1CCOCC1)c1cncc(Br)c1. The van der Waals surface area contributed by atoms with Crippen LogP contribution in [0, 0.1) is 0 Å². The fourth-order valence-corrected chi connectivity index (χ4v) is 3.43. The van der Waals surface area contributed by atoms with Crippen LogP contribution in [-0.4, -0.2) is 48.6 Å². The van der Waals surface area contributed by atoms with Gasteiger partial charge in [-0.05, 0) is 39.7 Å². The molecular weight excluding hydrogens is 439 g/mol. The Kier molecular flexibility index (Phi) is 6.69. The van der Waals surface area contributed by atoms with Crippen molar-refractivity contribution in [3.8, 4) is 0 Å². The average Bonchev–Trinajstić information content (AvgIpc) is 2.68. The predicted molar refractivity (Wildman–Crippen MR) is 101 cm³/mol. The molecular formula is C19H19BrF3N3O2. The molecule has 1 fully saturated rings. The number of amides is 1. The third-order valence-electron chi connectivity index (χ3n) is 4.53. The van der Waals surface area contributed by atoms with E-state index in [2.05, 4.69) is 31.1 Å². The molecule has 1 aliphatic rings. The molecule has 0 spiro atoms. The number of alkyl halides is 3. The predicted octanol–water partition coefficient (Wildman–Crippen LogP) is 3.67. The maximum atomic E-state index is 12.9. The van der Waals surface area contributed by atoms with Crippen molar-refractivity contribution in [3.63, 3.8) is 0 Å². The Morgan fingerprint density at radius 3 is 2.50 bits per heavy atom. The summed E-state index contributed by atoms with van der Waals surface area (Å²) in [6, 6.07) is 6.48. The van der Waals surface area contributed by atoms with Gasteiger partial charge >= 0.3 is 6.18 Å². The Bertz CT molecular complexity index is 809. The maximum absolute atomic E-state index is 12.9. The molecule has 28 heavy (non-hydrogen) atoms. The third kappa shape index (κ3) is 5.30. The number of carbonyl (C=O) groups is 1. The summed E-state index contributed by atoms with van der Waals surface area (Å²) in [6.45, 7) is 2.62. The van der Waals surface area contributed by atoms with Crippen molar-refractivity contribution in [2.75, 3.05) is 32.8 Å². The summed E-state index contributed by atoms with van der Waals surface area (Å²) in [6.07, 6.45) is -1.34. The van der Waals surface area contributed by atoms with Crippen molar-refractivity contribution >= 4 is 21.8 Å². The van der Waals surface area contributed by atoms with E-state index >= 15 is 0 Å². The van der Waals surface area contributed by atoms with Crippen LogP contribution < -0.4 is 5.32 Å². The van der Waals surface area contributed by atoms with E-state index in [-0.39, 0.29) is 18.5 Å². The molecule has 2 aromatic rings. The van der Waals surface area contributed by atoms with E-state index in [1.165, 1.54) is 18.3 Å². The lowest BCUT2D eigenvalue weighted by Gasteiger charge is -2.35. The van der Waals surface area contributed by atoms with Crippen LogP contribution in [0.5, 0.6) is 0 Å². The van der Waals surface area contributed by atoms with E-state index in [1.54, 1.807) is 12.3 Å². The summed E-state index contributed by atoms with van der Waals surface area (Å²) in [4.78, 5) is 18.5. The Hall–Kier alpha value is -1.97. The van der Waals surface area contributed by atoms with E-state index in [0.29, 0.717) is 41.9 Å². The monoisotopic (exact) mass is 457 g/mol. The molecule has 0 saturated carbocycles. The Balaban J connectivity index is 1.76. The summed E-state index contributed by atoms with van der Waals surface area (Å²) in [5.41, 5.74) is 0.423. The lowest BCUT2D eigenvalue weighted by Crippen LogP contribution is -2.43. The Morgan fingerprint density at radius 2 is 1.89 bits per heavy atom. The molecule has 1 N–H and O–H groups in total. The first-order valence-electron chi connectivity index (χ1n) is 8.72. The van der Waals surface area contributed by atoms with Crippen LogP contribution in [-0.2, 0) is 10.9 Å². The number of ether oxygens (including phenoxy) is 1. The number of pyridine rings is 1. The highest BCUT2D eigenvalue weighted by molar-refractivity contribution is 9.10. The molecule has 5 nitrogen and oxygen atoms in total. The molecule has 2 heterocycles. The van der Waals surface area contributed by atoms with Crippen molar-refractivity contribution < 1.29 is 22.7 Å². The van der Waals surface area contributed by atoms with Gasteiger partial charge in [-0.3, -0.25) is 14.7 Å². The number of benzene rings is 1. The number of halogens is 4. The van der Waals surface area contributed by atoms with Crippen molar-refractivity contribution in [1.29, 1.82) is 0 Å². The fourth-order valence-electron chi connectivity index (χ4n) is 3.07. The number of nitrogens with one attached hydrogen (secondary N) is 1. The molecule has 3 rings (SSSR count). The molecule has 1 amide bonds. The van der Waals surface area contributed by atoms with Crippen LogP contribution in [0.1, 0.15) is 27.5 Å². The molecule has 1 saturated heterocycles. The van der Waals surface area contributed by atoms with E-state index in [1.807, 2.05) is 0 Å². The number of rotatable bonds is 5. The maximum Gasteiger partial charge on any atom is 0.416 e. The van der Waals surface area contributed by atoms with Gasteiger partial charge in [0.15, 0.2) is 0 Å². The minimum absolute atomic E-state index is 0.254. The number of morpholine rings is 1. The lowest BCUT2D eigenvalue weighted by atomic mass is 10.0. The van der Waals surface area contributed by atoms with Gasteiger partial charge in [-0.2, -0.15) is 13.2 Å². The van der Waals surface area contributed by atoms with E-state index in [0.717, 1.165) is 12.1 Å². The number of hydrogen-bond donors (Lipinski definition) is 1. The van der Waals surface area contributed by atoms with Crippen molar-refractivity contribution in [2.24, 2.45) is 0 Å². The highest BCUT2D eigenvalue weighted by atomic mass is 79.9. The zero-order valence-electron chi connectivity index (χ0n) is 14.9. The van der Waals surface area contributed by atoms with E-state index in [9.17, 15) is 18.0 Å². The molecule has 9 heteroatoms. The number of aromatic nitrogens is 1. The van der Waals surface area contributed by atoms with Crippen LogP contribution in [0.4, 0.5) is 13.2 Å². The van der Waals surface area contributed by atoms with Gasteiger partial charge in [0.1, 0.15) is 0 Å². The number of nitrogens with zero attached hydrogens (tertiary/aromatic N) is 2. The standard InChI is InChI=1S/C19H19BrF3N3O2/c20-16-9-14(10-24-11-16)18(27)25-12-17(26-5-7-28-8-6-26)13-1-3-15(4-2-13)19(21,22)23/h1-4,9-11,17H,5-8,12H2,(H,25,27). The fraction of sp³-hybridized carbons (Fsp3) is 0.368. The second-order valence-electron chi connectivity index (χ2n) is 6.39. The molecule has 0 radical (unpaired) electrons. The van der Waals surface area contributed by atoms with Gasteiger partial charge in [-0.25, -0.2) is 0 Å². The topological polar surface area (TPSA) is 54.5 Å². The summed E-state index contributed by atoms with van der Waals surface area (Å²) < 4.78 is 44.6.